The maximum absolute atomic E-state index is 11.1. The molecule has 0 fully saturated rings. The molecule has 1 aromatic carbocycles. The van der Waals surface area contributed by atoms with Crippen LogP contribution in [0.5, 0.6) is 0 Å². The number of hydrogen-bond acceptors (Lipinski definition) is 6. The Bertz CT molecular complexity index is 522. The molecule has 2 aromatic rings. The minimum absolute atomic E-state index is 0.181. The van der Waals surface area contributed by atoms with Gasteiger partial charge in [-0.05, 0) is 12.1 Å². The predicted molar refractivity (Wildman–Crippen MR) is 55.5 cm³/mol. The van der Waals surface area contributed by atoms with Crippen LogP contribution >= 0.6 is 0 Å². The molecule has 6 nitrogen and oxygen atoms in total. The summed E-state index contributed by atoms with van der Waals surface area (Å²) in [6, 6.07) is 6.96. The number of hydrogen-bond donors (Lipinski definition) is 1. The van der Waals surface area contributed by atoms with Gasteiger partial charge in [0.2, 0.25) is 5.82 Å². The number of carbonyl (C=O) groups excluding carboxylic acids is 1. The third-order valence-electron chi connectivity index (χ3n) is 1.93. The first-order valence-corrected chi connectivity index (χ1v) is 4.48. The summed E-state index contributed by atoms with van der Waals surface area (Å²) in [5.74, 6) is -0.546. The van der Waals surface area contributed by atoms with Crippen LogP contribution in [0.3, 0.4) is 0 Å². The molecule has 2 N–H and O–H groups in total. The molecule has 2 rings (SSSR count). The predicted octanol–water partition coefficient (Wildman–Crippen LogP) is 1.11. The van der Waals surface area contributed by atoms with Crippen molar-refractivity contribution in [2.75, 3.05) is 12.8 Å². The lowest BCUT2D eigenvalue weighted by molar-refractivity contribution is 0.0545. The third-order valence-corrected chi connectivity index (χ3v) is 1.93. The van der Waals surface area contributed by atoms with Gasteiger partial charge in [0.15, 0.2) is 0 Å². The summed E-state index contributed by atoms with van der Waals surface area (Å²) in [5.41, 5.74) is 6.88. The number of esters is 1. The highest BCUT2D eigenvalue weighted by atomic mass is 16.6. The summed E-state index contributed by atoms with van der Waals surface area (Å²) >= 11 is 0. The van der Waals surface area contributed by atoms with Crippen molar-refractivity contribution in [1.29, 1.82) is 0 Å². The largest absolute Gasteiger partial charge is 0.462 e. The van der Waals surface area contributed by atoms with Crippen LogP contribution in [0.2, 0.25) is 0 Å². The second-order valence-electron chi connectivity index (χ2n) is 3.04. The molecule has 0 aliphatic heterocycles. The van der Waals surface area contributed by atoms with Gasteiger partial charge in [0.1, 0.15) is 0 Å². The Balaban J connectivity index is 2.35. The van der Waals surface area contributed by atoms with E-state index >= 15 is 0 Å². The smallest absolute Gasteiger partial charge is 0.397 e. The Kier molecular flexibility index (Phi) is 2.55. The minimum Gasteiger partial charge on any atom is -0.462 e. The van der Waals surface area contributed by atoms with Gasteiger partial charge in [-0.3, -0.25) is 0 Å². The van der Waals surface area contributed by atoms with Crippen LogP contribution in [-0.2, 0) is 4.74 Å². The molecule has 16 heavy (non-hydrogen) atoms. The maximum Gasteiger partial charge on any atom is 0.397 e. The monoisotopic (exact) mass is 219 g/mol. The second-order valence-corrected chi connectivity index (χ2v) is 3.04. The Morgan fingerprint density at radius 3 is 3.00 bits per heavy atom. The van der Waals surface area contributed by atoms with Crippen molar-refractivity contribution in [1.82, 2.24) is 10.1 Å². The van der Waals surface area contributed by atoms with E-state index in [-0.39, 0.29) is 5.89 Å². The molecular formula is C10H9N3O3. The Morgan fingerprint density at radius 1 is 1.50 bits per heavy atom. The Morgan fingerprint density at radius 2 is 2.31 bits per heavy atom. The number of nitrogen functional groups attached to an aromatic ring is 1. The molecule has 0 amide bonds. The molecule has 6 heteroatoms. The number of rotatable bonds is 2. The number of anilines is 1. The summed E-state index contributed by atoms with van der Waals surface area (Å²) in [4.78, 5) is 15.0. The van der Waals surface area contributed by atoms with Gasteiger partial charge in [0.25, 0.3) is 0 Å². The zero-order valence-corrected chi connectivity index (χ0v) is 8.51. The molecule has 0 unspecified atom stereocenters. The van der Waals surface area contributed by atoms with Gasteiger partial charge in [-0.2, -0.15) is 4.98 Å². The molecule has 1 aromatic heterocycles. The maximum atomic E-state index is 11.1. The van der Waals surface area contributed by atoms with E-state index in [9.17, 15) is 4.79 Å². The summed E-state index contributed by atoms with van der Waals surface area (Å²) in [5, 5.41) is 3.65. The van der Waals surface area contributed by atoms with Gasteiger partial charge in [-0.25, -0.2) is 4.79 Å². The van der Waals surface area contributed by atoms with E-state index in [1.807, 2.05) is 0 Å². The molecule has 0 saturated heterocycles. The van der Waals surface area contributed by atoms with E-state index < -0.39 is 5.97 Å². The molecule has 0 aliphatic rings. The minimum atomic E-state index is -0.664. The fraction of sp³-hybridized carbons (Fsp3) is 0.100. The van der Waals surface area contributed by atoms with Gasteiger partial charge in [-0.1, -0.05) is 17.3 Å². The number of ether oxygens (including phenoxy) is 1. The number of benzene rings is 1. The summed E-state index contributed by atoms with van der Waals surface area (Å²) in [7, 11) is 1.24. The third kappa shape index (κ3) is 1.85. The summed E-state index contributed by atoms with van der Waals surface area (Å²) < 4.78 is 9.18. The van der Waals surface area contributed by atoms with Crippen molar-refractivity contribution in [3.05, 3.63) is 30.2 Å². The molecule has 0 atom stereocenters. The average molecular weight is 219 g/mol. The molecule has 0 aliphatic carbocycles. The SMILES string of the molecule is COC(=O)c1nc(-c2cccc(N)c2)no1. The lowest BCUT2D eigenvalue weighted by Gasteiger charge is -1.95. The molecule has 0 radical (unpaired) electrons. The number of aromatic nitrogens is 2. The molecule has 1 heterocycles. The molecular weight excluding hydrogens is 210 g/mol. The zero-order valence-electron chi connectivity index (χ0n) is 8.51. The van der Waals surface area contributed by atoms with Crippen LogP contribution in [0.4, 0.5) is 5.69 Å². The Labute approximate surface area is 91.0 Å². The lowest BCUT2D eigenvalue weighted by atomic mass is 10.2. The van der Waals surface area contributed by atoms with Crippen LogP contribution in [-0.4, -0.2) is 23.2 Å². The second kappa shape index (κ2) is 4.01. The molecule has 0 spiro atoms. The van der Waals surface area contributed by atoms with E-state index in [1.54, 1.807) is 24.3 Å². The van der Waals surface area contributed by atoms with Crippen LogP contribution in [0, 0.1) is 0 Å². The van der Waals surface area contributed by atoms with Gasteiger partial charge >= 0.3 is 11.9 Å². The average Bonchev–Trinajstić information content (AvgIpc) is 2.77. The lowest BCUT2D eigenvalue weighted by Crippen LogP contribution is -2.00. The number of carbonyl (C=O) groups is 1. The topological polar surface area (TPSA) is 91.2 Å². The van der Waals surface area contributed by atoms with Crippen LogP contribution < -0.4 is 5.73 Å². The van der Waals surface area contributed by atoms with Gasteiger partial charge in [-0.15, -0.1) is 0 Å². The van der Waals surface area contributed by atoms with E-state index in [2.05, 4.69) is 14.9 Å². The molecule has 0 saturated carbocycles. The zero-order chi connectivity index (χ0) is 11.5. The van der Waals surface area contributed by atoms with Crippen molar-refractivity contribution >= 4 is 11.7 Å². The van der Waals surface area contributed by atoms with Crippen molar-refractivity contribution < 1.29 is 14.1 Å². The van der Waals surface area contributed by atoms with Gasteiger partial charge < -0.3 is 15.0 Å². The van der Waals surface area contributed by atoms with Crippen LogP contribution in [0.15, 0.2) is 28.8 Å². The highest BCUT2D eigenvalue weighted by molar-refractivity contribution is 5.84. The number of nitrogens with two attached hydrogens (primary N) is 1. The van der Waals surface area contributed by atoms with Crippen molar-refractivity contribution in [3.63, 3.8) is 0 Å². The fourth-order valence-corrected chi connectivity index (χ4v) is 1.19. The first-order valence-electron chi connectivity index (χ1n) is 4.48. The van der Waals surface area contributed by atoms with Crippen LogP contribution in [0.25, 0.3) is 11.4 Å². The first-order chi connectivity index (χ1) is 7.70. The number of nitrogens with zero attached hydrogens (tertiary/aromatic N) is 2. The van der Waals surface area contributed by atoms with Gasteiger partial charge in [0, 0.05) is 11.3 Å². The van der Waals surface area contributed by atoms with Gasteiger partial charge in [0.05, 0.1) is 7.11 Å². The van der Waals surface area contributed by atoms with E-state index in [1.165, 1.54) is 7.11 Å². The van der Waals surface area contributed by atoms with Crippen molar-refractivity contribution in [2.45, 2.75) is 0 Å². The van der Waals surface area contributed by atoms with Crippen molar-refractivity contribution in [2.24, 2.45) is 0 Å². The Hall–Kier alpha value is -2.37. The number of methoxy groups -OCH3 is 1. The highest BCUT2D eigenvalue weighted by Crippen LogP contribution is 2.18. The summed E-state index contributed by atoms with van der Waals surface area (Å²) in [6.45, 7) is 0. The fourth-order valence-electron chi connectivity index (χ4n) is 1.19. The summed E-state index contributed by atoms with van der Waals surface area (Å²) in [6.07, 6.45) is 0. The van der Waals surface area contributed by atoms with E-state index in [0.717, 1.165) is 0 Å². The highest BCUT2D eigenvalue weighted by Gasteiger charge is 2.16. The normalized spacial score (nSPS) is 10.1. The van der Waals surface area contributed by atoms with Crippen LogP contribution in [0.1, 0.15) is 10.7 Å². The van der Waals surface area contributed by atoms with E-state index in [4.69, 9.17) is 10.3 Å². The molecule has 82 valence electrons. The standard InChI is InChI=1S/C10H9N3O3/c1-15-10(14)9-12-8(13-16-9)6-3-2-4-7(11)5-6/h2-5H,11H2,1H3. The quantitative estimate of drug-likeness (QED) is 0.600. The molecule has 0 bridgehead atoms. The van der Waals surface area contributed by atoms with E-state index in [0.29, 0.717) is 17.1 Å². The van der Waals surface area contributed by atoms with Crippen molar-refractivity contribution in [3.8, 4) is 11.4 Å². The first kappa shape index (κ1) is 10.2.